The Morgan fingerprint density at radius 2 is 2.20 bits per heavy atom. The van der Waals surface area contributed by atoms with Crippen LogP contribution in [0.2, 0.25) is 0 Å². The van der Waals surface area contributed by atoms with Gasteiger partial charge in [0.25, 0.3) is 0 Å². The van der Waals surface area contributed by atoms with Gasteiger partial charge in [-0.15, -0.1) is 0 Å². The Labute approximate surface area is 174 Å². The van der Waals surface area contributed by atoms with Crippen LogP contribution in [-0.4, -0.2) is 43.5 Å². The summed E-state index contributed by atoms with van der Waals surface area (Å²) in [5.74, 6) is 0.155. The van der Waals surface area contributed by atoms with Crippen LogP contribution < -0.4 is 5.32 Å². The van der Waals surface area contributed by atoms with Crippen LogP contribution in [0.15, 0.2) is 36.7 Å². The normalized spacial score (nSPS) is 11.5. The van der Waals surface area contributed by atoms with Gasteiger partial charge in [-0.05, 0) is 43.7 Å². The smallest absolute Gasteiger partial charge is 0.302 e. The fourth-order valence-corrected chi connectivity index (χ4v) is 3.03. The summed E-state index contributed by atoms with van der Waals surface area (Å²) in [5.41, 5.74) is 3.51. The molecule has 0 saturated carbocycles. The van der Waals surface area contributed by atoms with Crippen LogP contribution in [0.4, 0.5) is 5.95 Å². The molecule has 0 spiro atoms. The lowest BCUT2D eigenvalue weighted by Gasteiger charge is -2.13. The number of rotatable bonds is 7. The molecule has 0 aliphatic rings. The number of phenols is 1. The van der Waals surface area contributed by atoms with Gasteiger partial charge in [-0.2, -0.15) is 10.4 Å². The molecule has 3 aromatic rings. The molecule has 2 heterocycles. The molecule has 0 fully saturated rings. The third kappa shape index (κ3) is 5.11. The number of carbonyl (C=O) groups is 1. The standard InChI is InChI=1S/C21H22N6O3/c1-13-8-16(10-17(29)9-13)20-18(12-27(26-20)7-5-22)19-4-6-23-21(25-19)24-11-14(2)30-15(3)28/h4,6,8-10,12,14,29H,7,11H2,1-3H3,(H,23,24,25). The minimum absolute atomic E-state index is 0.0842. The van der Waals surface area contributed by atoms with E-state index in [0.29, 0.717) is 29.4 Å². The molecule has 0 saturated heterocycles. The molecule has 0 aliphatic heterocycles. The van der Waals surface area contributed by atoms with E-state index in [9.17, 15) is 9.90 Å². The Morgan fingerprint density at radius 1 is 1.40 bits per heavy atom. The number of benzene rings is 1. The van der Waals surface area contributed by atoms with E-state index < -0.39 is 0 Å². The molecule has 1 aromatic carbocycles. The molecule has 0 aliphatic carbocycles. The lowest BCUT2D eigenvalue weighted by molar-refractivity contribution is -0.144. The van der Waals surface area contributed by atoms with Crippen LogP contribution in [0.5, 0.6) is 5.75 Å². The number of aryl methyl sites for hydroxylation is 1. The van der Waals surface area contributed by atoms with Crippen molar-refractivity contribution in [2.45, 2.75) is 33.4 Å². The van der Waals surface area contributed by atoms with Crippen molar-refractivity contribution in [3.8, 4) is 34.3 Å². The number of hydrogen-bond acceptors (Lipinski definition) is 8. The Morgan fingerprint density at radius 3 is 2.90 bits per heavy atom. The fraction of sp³-hybridized carbons (Fsp3) is 0.286. The molecule has 9 heteroatoms. The van der Waals surface area contributed by atoms with Crippen molar-refractivity contribution >= 4 is 11.9 Å². The number of ether oxygens (including phenoxy) is 1. The largest absolute Gasteiger partial charge is 0.508 e. The van der Waals surface area contributed by atoms with Crippen molar-refractivity contribution in [1.82, 2.24) is 19.7 Å². The number of nitrogens with zero attached hydrogens (tertiary/aromatic N) is 5. The maximum absolute atomic E-state index is 11.0. The van der Waals surface area contributed by atoms with Crippen molar-refractivity contribution in [3.05, 3.63) is 42.2 Å². The molecule has 2 N–H and O–H groups in total. The van der Waals surface area contributed by atoms with Crippen molar-refractivity contribution in [1.29, 1.82) is 5.26 Å². The van der Waals surface area contributed by atoms with Crippen LogP contribution in [0.3, 0.4) is 0 Å². The molecule has 3 rings (SSSR count). The quantitative estimate of drug-likeness (QED) is 0.574. The second-order valence-corrected chi connectivity index (χ2v) is 6.87. The van der Waals surface area contributed by atoms with Crippen LogP contribution in [0.1, 0.15) is 19.4 Å². The monoisotopic (exact) mass is 406 g/mol. The average molecular weight is 406 g/mol. The van der Waals surface area contributed by atoms with Crippen LogP contribution in [0, 0.1) is 18.3 Å². The fourth-order valence-electron chi connectivity index (χ4n) is 3.03. The highest BCUT2D eigenvalue weighted by Gasteiger charge is 2.16. The molecule has 154 valence electrons. The third-order valence-corrected chi connectivity index (χ3v) is 4.18. The zero-order valence-corrected chi connectivity index (χ0v) is 17.0. The number of carbonyl (C=O) groups excluding carboxylic acids is 1. The van der Waals surface area contributed by atoms with E-state index in [2.05, 4.69) is 26.5 Å². The van der Waals surface area contributed by atoms with Crippen molar-refractivity contribution in [3.63, 3.8) is 0 Å². The molecule has 1 unspecified atom stereocenters. The van der Waals surface area contributed by atoms with Crippen molar-refractivity contribution in [2.24, 2.45) is 0 Å². The molecular formula is C21H22N6O3. The van der Waals surface area contributed by atoms with Gasteiger partial charge in [0.05, 0.1) is 18.3 Å². The molecule has 30 heavy (non-hydrogen) atoms. The van der Waals surface area contributed by atoms with E-state index in [1.54, 1.807) is 37.5 Å². The number of esters is 1. The lowest BCUT2D eigenvalue weighted by atomic mass is 10.0. The van der Waals surface area contributed by atoms with Gasteiger partial charge in [0.2, 0.25) is 5.95 Å². The van der Waals surface area contributed by atoms with E-state index in [1.807, 2.05) is 13.0 Å². The Hall–Kier alpha value is -3.93. The number of anilines is 1. The Bertz CT molecular complexity index is 1080. The van der Waals surface area contributed by atoms with E-state index in [1.165, 1.54) is 11.6 Å². The second kappa shape index (κ2) is 9.05. The first kappa shape index (κ1) is 20.8. The first-order valence-corrected chi connectivity index (χ1v) is 9.35. The summed E-state index contributed by atoms with van der Waals surface area (Å²) in [4.78, 5) is 19.8. The summed E-state index contributed by atoms with van der Waals surface area (Å²) in [6, 6.07) is 9.01. The summed E-state index contributed by atoms with van der Waals surface area (Å²) >= 11 is 0. The van der Waals surface area contributed by atoms with Gasteiger partial charge in [0, 0.05) is 30.4 Å². The molecule has 0 amide bonds. The van der Waals surface area contributed by atoms with Gasteiger partial charge < -0.3 is 15.2 Å². The summed E-state index contributed by atoms with van der Waals surface area (Å²) in [6.45, 7) is 5.45. The number of hydrogen-bond donors (Lipinski definition) is 2. The third-order valence-electron chi connectivity index (χ3n) is 4.18. The highest BCUT2D eigenvalue weighted by molar-refractivity contribution is 5.79. The van der Waals surface area contributed by atoms with E-state index in [0.717, 1.165) is 11.1 Å². The van der Waals surface area contributed by atoms with Gasteiger partial charge in [0.15, 0.2) is 0 Å². The molecule has 9 nitrogen and oxygen atoms in total. The van der Waals surface area contributed by atoms with E-state index in [-0.39, 0.29) is 24.4 Å². The minimum atomic E-state index is -0.352. The highest BCUT2D eigenvalue weighted by Crippen LogP contribution is 2.32. The Balaban J connectivity index is 1.95. The summed E-state index contributed by atoms with van der Waals surface area (Å²) in [7, 11) is 0. The number of aromatic nitrogens is 4. The van der Waals surface area contributed by atoms with Crippen molar-refractivity contribution in [2.75, 3.05) is 11.9 Å². The van der Waals surface area contributed by atoms with Gasteiger partial charge in [-0.3, -0.25) is 9.48 Å². The number of phenolic OH excluding ortho intramolecular Hbond substituents is 1. The number of nitrogens with one attached hydrogen (secondary N) is 1. The Kier molecular flexibility index (Phi) is 6.27. The molecule has 0 bridgehead atoms. The average Bonchev–Trinajstić information content (AvgIpc) is 3.10. The molecule has 2 aromatic heterocycles. The molecule has 0 radical (unpaired) electrons. The highest BCUT2D eigenvalue weighted by atomic mass is 16.5. The summed E-state index contributed by atoms with van der Waals surface area (Å²) < 4.78 is 6.62. The minimum Gasteiger partial charge on any atom is -0.508 e. The van der Waals surface area contributed by atoms with Crippen LogP contribution >= 0.6 is 0 Å². The van der Waals surface area contributed by atoms with E-state index >= 15 is 0 Å². The summed E-state index contributed by atoms with van der Waals surface area (Å²) in [6.07, 6.45) is 3.02. The molecule has 1 atom stereocenters. The summed E-state index contributed by atoms with van der Waals surface area (Å²) in [5, 5.41) is 26.6. The van der Waals surface area contributed by atoms with Gasteiger partial charge in [0.1, 0.15) is 24.1 Å². The zero-order chi connectivity index (χ0) is 21.7. The maximum atomic E-state index is 11.0. The predicted molar refractivity (Wildman–Crippen MR) is 110 cm³/mol. The lowest BCUT2D eigenvalue weighted by Crippen LogP contribution is -2.22. The van der Waals surface area contributed by atoms with Gasteiger partial charge in [-0.25, -0.2) is 9.97 Å². The SMILES string of the molecule is CC(=O)OC(C)CNc1nccc(-c2cn(CC#N)nc2-c2cc(C)cc(O)c2)n1. The predicted octanol–water partition coefficient (Wildman–Crippen LogP) is 2.91. The van der Waals surface area contributed by atoms with Gasteiger partial charge in [-0.1, -0.05) is 0 Å². The van der Waals surface area contributed by atoms with Crippen molar-refractivity contribution < 1.29 is 14.6 Å². The van der Waals surface area contributed by atoms with Crippen LogP contribution in [-0.2, 0) is 16.1 Å². The number of aromatic hydroxyl groups is 1. The topological polar surface area (TPSA) is 126 Å². The first-order valence-electron chi connectivity index (χ1n) is 9.35. The maximum Gasteiger partial charge on any atom is 0.302 e. The molecular weight excluding hydrogens is 384 g/mol. The van der Waals surface area contributed by atoms with E-state index in [4.69, 9.17) is 10.00 Å². The zero-order valence-electron chi connectivity index (χ0n) is 17.0. The van der Waals surface area contributed by atoms with Crippen LogP contribution in [0.25, 0.3) is 22.5 Å². The van der Waals surface area contributed by atoms with Gasteiger partial charge >= 0.3 is 5.97 Å². The number of nitriles is 1. The first-order chi connectivity index (χ1) is 14.4. The second-order valence-electron chi connectivity index (χ2n) is 6.87.